The molecule has 5 nitrogen and oxygen atoms in total. The molecule has 0 bridgehead atoms. The molecule has 7 heteroatoms. The van der Waals surface area contributed by atoms with Crippen molar-refractivity contribution in [2.24, 2.45) is 10.7 Å². The Kier molecular flexibility index (Phi) is 8.91. The van der Waals surface area contributed by atoms with Crippen LogP contribution >= 0.6 is 35.3 Å². The van der Waals surface area contributed by atoms with Crippen molar-refractivity contribution in [3.63, 3.8) is 0 Å². The number of amides is 1. The highest BCUT2D eigenvalue weighted by atomic mass is 127. The first kappa shape index (κ1) is 21.4. The minimum atomic E-state index is -0.412. The lowest BCUT2D eigenvalue weighted by molar-refractivity contribution is 0.100. The van der Waals surface area contributed by atoms with Gasteiger partial charge in [-0.2, -0.15) is 0 Å². The summed E-state index contributed by atoms with van der Waals surface area (Å²) in [6, 6.07) is 11.8. The Hall–Kier alpha value is -1.61. The molecule has 1 atom stereocenters. The number of aryl methyl sites for hydroxylation is 1. The van der Waals surface area contributed by atoms with Gasteiger partial charge in [-0.3, -0.25) is 9.79 Å². The molecule has 0 spiro atoms. The number of nitrogens with zero attached hydrogens (tertiary/aromatic N) is 1. The van der Waals surface area contributed by atoms with E-state index in [9.17, 15) is 4.79 Å². The SMILES string of the molecule is CN=C(NCc1ccc(C(N)=O)cc1)NC(C)Cc1ccc(C)s1.I. The molecule has 25 heavy (non-hydrogen) atoms. The molecule has 0 aliphatic heterocycles. The van der Waals surface area contributed by atoms with E-state index in [2.05, 4.69) is 41.6 Å². The van der Waals surface area contributed by atoms with Crippen LogP contribution in [0.1, 0.15) is 32.6 Å². The molecule has 0 fully saturated rings. The van der Waals surface area contributed by atoms with Crippen LogP contribution < -0.4 is 16.4 Å². The quantitative estimate of drug-likeness (QED) is 0.344. The van der Waals surface area contributed by atoms with Gasteiger partial charge in [0, 0.05) is 41.4 Å². The second kappa shape index (κ2) is 10.4. The minimum Gasteiger partial charge on any atom is -0.366 e. The van der Waals surface area contributed by atoms with E-state index >= 15 is 0 Å². The fourth-order valence-electron chi connectivity index (χ4n) is 2.35. The first-order chi connectivity index (χ1) is 11.5. The van der Waals surface area contributed by atoms with Crippen molar-refractivity contribution in [1.82, 2.24) is 10.6 Å². The van der Waals surface area contributed by atoms with Gasteiger partial charge >= 0.3 is 0 Å². The van der Waals surface area contributed by atoms with Crippen molar-refractivity contribution in [2.45, 2.75) is 32.9 Å². The Morgan fingerprint density at radius 3 is 2.44 bits per heavy atom. The van der Waals surface area contributed by atoms with E-state index in [0.717, 1.165) is 17.9 Å². The first-order valence-corrected chi connectivity index (χ1v) is 8.71. The van der Waals surface area contributed by atoms with Gasteiger partial charge in [0.2, 0.25) is 5.91 Å². The van der Waals surface area contributed by atoms with E-state index in [1.165, 1.54) is 9.75 Å². The average molecular weight is 472 g/mol. The Morgan fingerprint density at radius 1 is 1.24 bits per heavy atom. The number of carbonyl (C=O) groups excluding carboxylic acids is 1. The minimum absolute atomic E-state index is 0. The summed E-state index contributed by atoms with van der Waals surface area (Å²) in [5.41, 5.74) is 6.82. The Balaban J connectivity index is 0.00000312. The van der Waals surface area contributed by atoms with Crippen LogP contribution in [0.25, 0.3) is 0 Å². The lowest BCUT2D eigenvalue weighted by Crippen LogP contribution is -2.42. The topological polar surface area (TPSA) is 79.5 Å². The molecule has 1 aromatic carbocycles. The molecular formula is C18H25IN4OS. The van der Waals surface area contributed by atoms with Crippen LogP contribution in [0, 0.1) is 6.92 Å². The maximum absolute atomic E-state index is 11.1. The van der Waals surface area contributed by atoms with E-state index in [4.69, 9.17) is 5.73 Å². The zero-order chi connectivity index (χ0) is 17.5. The molecule has 0 aliphatic carbocycles. The third kappa shape index (κ3) is 7.03. The monoisotopic (exact) mass is 472 g/mol. The van der Waals surface area contributed by atoms with Crippen molar-refractivity contribution in [3.8, 4) is 0 Å². The fourth-order valence-corrected chi connectivity index (χ4v) is 3.37. The molecule has 1 aromatic heterocycles. The zero-order valence-corrected chi connectivity index (χ0v) is 17.9. The molecule has 2 rings (SSSR count). The number of halogens is 1. The van der Waals surface area contributed by atoms with Crippen LogP contribution in [0.5, 0.6) is 0 Å². The maximum Gasteiger partial charge on any atom is 0.248 e. The number of guanidine groups is 1. The van der Waals surface area contributed by atoms with Crippen molar-refractivity contribution in [2.75, 3.05) is 7.05 Å². The average Bonchev–Trinajstić information content (AvgIpc) is 2.96. The number of carbonyl (C=O) groups is 1. The van der Waals surface area contributed by atoms with Crippen LogP contribution in [0.2, 0.25) is 0 Å². The van der Waals surface area contributed by atoms with Crippen LogP contribution in [-0.2, 0) is 13.0 Å². The predicted octanol–water partition coefficient (Wildman–Crippen LogP) is 3.07. The summed E-state index contributed by atoms with van der Waals surface area (Å²) in [6.45, 7) is 4.89. The van der Waals surface area contributed by atoms with Gasteiger partial charge in [-0.25, -0.2) is 0 Å². The van der Waals surface area contributed by atoms with E-state index < -0.39 is 5.91 Å². The van der Waals surface area contributed by atoms with Gasteiger partial charge in [0.25, 0.3) is 0 Å². The van der Waals surface area contributed by atoms with Gasteiger partial charge in [-0.15, -0.1) is 35.3 Å². The summed E-state index contributed by atoms with van der Waals surface area (Å²) < 4.78 is 0. The van der Waals surface area contributed by atoms with Gasteiger partial charge in [0.1, 0.15) is 0 Å². The number of nitrogens with two attached hydrogens (primary N) is 1. The lowest BCUT2D eigenvalue weighted by atomic mass is 10.1. The van der Waals surface area contributed by atoms with Crippen LogP contribution in [0.4, 0.5) is 0 Å². The van der Waals surface area contributed by atoms with Crippen molar-refractivity contribution in [3.05, 3.63) is 57.3 Å². The van der Waals surface area contributed by atoms with Gasteiger partial charge in [-0.05, 0) is 43.7 Å². The largest absolute Gasteiger partial charge is 0.366 e. The molecule has 0 saturated carbocycles. The smallest absolute Gasteiger partial charge is 0.248 e. The summed E-state index contributed by atoms with van der Waals surface area (Å²) in [5, 5.41) is 6.68. The molecule has 1 heterocycles. The summed E-state index contributed by atoms with van der Waals surface area (Å²) in [5.74, 6) is 0.347. The van der Waals surface area contributed by atoms with E-state index in [1.807, 2.05) is 23.5 Å². The number of primary amides is 1. The second-order valence-corrected chi connectivity index (χ2v) is 7.12. The lowest BCUT2D eigenvalue weighted by Gasteiger charge is -2.17. The number of thiophene rings is 1. The first-order valence-electron chi connectivity index (χ1n) is 7.89. The third-order valence-electron chi connectivity index (χ3n) is 3.61. The van der Waals surface area contributed by atoms with Gasteiger partial charge in [0.05, 0.1) is 0 Å². The van der Waals surface area contributed by atoms with E-state index in [1.54, 1.807) is 19.2 Å². The highest BCUT2D eigenvalue weighted by Gasteiger charge is 2.08. The Labute approximate surface area is 170 Å². The Bertz CT molecular complexity index is 712. The van der Waals surface area contributed by atoms with Crippen molar-refractivity contribution >= 4 is 47.2 Å². The highest BCUT2D eigenvalue weighted by molar-refractivity contribution is 14.0. The molecule has 1 unspecified atom stereocenters. The summed E-state index contributed by atoms with van der Waals surface area (Å²) >= 11 is 1.83. The number of aliphatic imine (C=N–C) groups is 1. The molecule has 4 N–H and O–H groups in total. The number of hydrogen-bond acceptors (Lipinski definition) is 3. The molecule has 1 amide bonds. The van der Waals surface area contributed by atoms with Crippen molar-refractivity contribution < 1.29 is 4.79 Å². The molecular weight excluding hydrogens is 447 g/mol. The molecule has 136 valence electrons. The van der Waals surface area contributed by atoms with Crippen molar-refractivity contribution in [1.29, 1.82) is 0 Å². The fraction of sp³-hybridized carbons (Fsp3) is 0.333. The number of nitrogens with one attached hydrogen (secondary N) is 2. The van der Waals surface area contributed by atoms with E-state index in [0.29, 0.717) is 12.1 Å². The Morgan fingerprint density at radius 2 is 1.92 bits per heavy atom. The van der Waals surface area contributed by atoms with Gasteiger partial charge in [0.15, 0.2) is 5.96 Å². The van der Waals surface area contributed by atoms with Crippen LogP contribution in [0.3, 0.4) is 0 Å². The molecule has 0 saturated heterocycles. The van der Waals surface area contributed by atoms with Gasteiger partial charge in [-0.1, -0.05) is 12.1 Å². The summed E-state index contributed by atoms with van der Waals surface area (Å²) in [6.07, 6.45) is 0.965. The van der Waals surface area contributed by atoms with E-state index in [-0.39, 0.29) is 30.0 Å². The van der Waals surface area contributed by atoms with Crippen LogP contribution in [-0.4, -0.2) is 25.0 Å². The highest BCUT2D eigenvalue weighted by Crippen LogP contribution is 2.16. The maximum atomic E-state index is 11.1. The molecule has 0 aliphatic rings. The van der Waals surface area contributed by atoms with Crippen LogP contribution in [0.15, 0.2) is 41.4 Å². The number of benzene rings is 1. The predicted molar refractivity (Wildman–Crippen MR) is 116 cm³/mol. The zero-order valence-electron chi connectivity index (χ0n) is 14.7. The number of rotatable bonds is 6. The molecule has 2 aromatic rings. The summed E-state index contributed by atoms with van der Waals surface area (Å²) in [7, 11) is 1.76. The molecule has 0 radical (unpaired) electrons. The second-order valence-electron chi connectivity index (χ2n) is 5.75. The van der Waals surface area contributed by atoms with Gasteiger partial charge < -0.3 is 16.4 Å². The number of hydrogen-bond donors (Lipinski definition) is 3. The normalized spacial score (nSPS) is 12.2. The standard InChI is InChI=1S/C18H24N4OS.HI/c1-12(10-16-9-4-13(2)24-16)22-18(20-3)21-11-14-5-7-15(8-6-14)17(19)23;/h4-9,12H,10-11H2,1-3H3,(H2,19,23)(H2,20,21,22);1H. The third-order valence-corrected chi connectivity index (χ3v) is 4.63. The summed E-state index contributed by atoms with van der Waals surface area (Å²) in [4.78, 5) is 18.0.